The first-order valence-electron chi connectivity index (χ1n) is 4.34. The van der Waals surface area contributed by atoms with Gasteiger partial charge in [0.25, 0.3) is 0 Å². The monoisotopic (exact) mass is 348 g/mol. The summed E-state index contributed by atoms with van der Waals surface area (Å²) in [5.41, 5.74) is 1.11. The Bertz CT molecular complexity index is 388. The largest absolute Gasteiger partial charge is 0.288 e. The molecule has 0 radical (unpaired) electrons. The Labute approximate surface area is 111 Å². The molecule has 0 aliphatic carbocycles. The lowest BCUT2D eigenvalue weighted by Gasteiger charge is -1.98. The zero-order valence-corrected chi connectivity index (χ0v) is 12.2. The fraction of sp³-hybridized carbons (Fsp3) is 0.182. The standard InChI is InChI=1S/C11H10Br2OS/c1-8(14)15-6-2-3-9-7-10(12)4-5-11(9)13/h2-5,7H,6H2,1H3. The van der Waals surface area contributed by atoms with Crippen LogP contribution in [0.2, 0.25) is 0 Å². The second-order valence-corrected chi connectivity index (χ2v) is 5.84. The number of benzene rings is 1. The van der Waals surface area contributed by atoms with Crippen molar-refractivity contribution in [3.63, 3.8) is 0 Å². The van der Waals surface area contributed by atoms with E-state index in [0.717, 1.165) is 14.5 Å². The van der Waals surface area contributed by atoms with Gasteiger partial charge in [-0.1, -0.05) is 55.8 Å². The Morgan fingerprint density at radius 2 is 2.20 bits per heavy atom. The number of rotatable bonds is 3. The lowest BCUT2D eigenvalue weighted by Crippen LogP contribution is -1.82. The van der Waals surface area contributed by atoms with Crippen LogP contribution in [0.1, 0.15) is 12.5 Å². The highest BCUT2D eigenvalue weighted by Gasteiger charge is 1.96. The summed E-state index contributed by atoms with van der Waals surface area (Å²) in [6, 6.07) is 5.99. The second-order valence-electron chi connectivity index (χ2n) is 2.87. The molecule has 0 saturated carbocycles. The molecule has 15 heavy (non-hydrogen) atoms. The van der Waals surface area contributed by atoms with Crippen molar-refractivity contribution in [3.8, 4) is 0 Å². The van der Waals surface area contributed by atoms with Crippen molar-refractivity contribution >= 4 is 54.8 Å². The van der Waals surface area contributed by atoms with Gasteiger partial charge in [0.15, 0.2) is 5.12 Å². The van der Waals surface area contributed by atoms with Crippen molar-refractivity contribution in [2.75, 3.05) is 5.75 Å². The molecule has 1 aromatic carbocycles. The summed E-state index contributed by atoms with van der Waals surface area (Å²) < 4.78 is 2.10. The number of carbonyl (C=O) groups excluding carboxylic acids is 1. The van der Waals surface area contributed by atoms with E-state index in [0.29, 0.717) is 5.75 Å². The number of carbonyl (C=O) groups is 1. The van der Waals surface area contributed by atoms with Gasteiger partial charge in [-0.05, 0) is 23.8 Å². The molecular weight excluding hydrogens is 340 g/mol. The average Bonchev–Trinajstić information content (AvgIpc) is 2.17. The molecule has 80 valence electrons. The van der Waals surface area contributed by atoms with Crippen molar-refractivity contribution in [3.05, 3.63) is 38.8 Å². The maximum Gasteiger partial charge on any atom is 0.186 e. The van der Waals surface area contributed by atoms with Gasteiger partial charge in [-0.15, -0.1) is 0 Å². The number of hydrogen-bond donors (Lipinski definition) is 0. The van der Waals surface area contributed by atoms with Gasteiger partial charge in [0, 0.05) is 21.6 Å². The zero-order valence-electron chi connectivity index (χ0n) is 8.17. The summed E-state index contributed by atoms with van der Waals surface area (Å²) in [4.78, 5) is 10.7. The van der Waals surface area contributed by atoms with Crippen LogP contribution in [0.4, 0.5) is 0 Å². The van der Waals surface area contributed by atoms with Gasteiger partial charge < -0.3 is 0 Å². The SMILES string of the molecule is CC(=O)SCC=Cc1cc(Br)ccc1Br. The normalized spacial score (nSPS) is 10.9. The first-order chi connectivity index (χ1) is 7.09. The number of hydrogen-bond acceptors (Lipinski definition) is 2. The van der Waals surface area contributed by atoms with Crippen LogP contribution in [0.15, 0.2) is 33.2 Å². The number of halogens is 2. The van der Waals surface area contributed by atoms with Crippen LogP contribution in [0.5, 0.6) is 0 Å². The third-order valence-electron chi connectivity index (χ3n) is 1.64. The highest BCUT2D eigenvalue weighted by molar-refractivity contribution is 9.11. The third-order valence-corrected chi connectivity index (χ3v) is 3.62. The maximum atomic E-state index is 10.7. The van der Waals surface area contributed by atoms with Gasteiger partial charge in [0.2, 0.25) is 0 Å². The van der Waals surface area contributed by atoms with Crippen LogP contribution >= 0.6 is 43.6 Å². The fourth-order valence-corrected chi connectivity index (χ4v) is 2.17. The minimum atomic E-state index is 0.146. The Kier molecular flexibility index (Phi) is 5.64. The van der Waals surface area contributed by atoms with E-state index in [1.165, 1.54) is 11.8 Å². The Morgan fingerprint density at radius 1 is 1.47 bits per heavy atom. The molecule has 1 aromatic rings. The predicted molar refractivity (Wildman–Crippen MR) is 74.0 cm³/mol. The quantitative estimate of drug-likeness (QED) is 0.798. The van der Waals surface area contributed by atoms with E-state index in [4.69, 9.17) is 0 Å². The summed E-state index contributed by atoms with van der Waals surface area (Å²) >= 11 is 8.19. The van der Waals surface area contributed by atoms with E-state index in [1.54, 1.807) is 6.92 Å². The van der Waals surface area contributed by atoms with Crippen LogP contribution in [-0.2, 0) is 4.79 Å². The molecule has 0 fully saturated rings. The molecule has 1 nitrogen and oxygen atoms in total. The zero-order chi connectivity index (χ0) is 11.3. The van der Waals surface area contributed by atoms with Crippen molar-refractivity contribution in [1.29, 1.82) is 0 Å². The van der Waals surface area contributed by atoms with Gasteiger partial charge in [-0.2, -0.15) is 0 Å². The maximum absolute atomic E-state index is 10.7. The van der Waals surface area contributed by atoms with Gasteiger partial charge in [-0.25, -0.2) is 0 Å². The molecule has 0 heterocycles. The smallest absolute Gasteiger partial charge is 0.186 e. The van der Waals surface area contributed by atoms with E-state index in [1.807, 2.05) is 30.4 Å². The Balaban J connectivity index is 2.63. The molecule has 0 atom stereocenters. The summed E-state index contributed by atoms with van der Waals surface area (Å²) in [6.07, 6.45) is 3.99. The molecule has 4 heteroatoms. The van der Waals surface area contributed by atoms with E-state index < -0.39 is 0 Å². The van der Waals surface area contributed by atoms with Crippen molar-refractivity contribution in [1.82, 2.24) is 0 Å². The van der Waals surface area contributed by atoms with Gasteiger partial charge in [-0.3, -0.25) is 4.79 Å². The highest BCUT2D eigenvalue weighted by atomic mass is 79.9. The minimum absolute atomic E-state index is 0.146. The van der Waals surface area contributed by atoms with Crippen LogP contribution < -0.4 is 0 Å². The summed E-state index contributed by atoms with van der Waals surface area (Å²) in [5, 5.41) is 0.146. The number of thioether (sulfide) groups is 1. The fourth-order valence-electron chi connectivity index (χ4n) is 0.983. The van der Waals surface area contributed by atoms with Crippen LogP contribution in [0.25, 0.3) is 6.08 Å². The van der Waals surface area contributed by atoms with Crippen LogP contribution in [0.3, 0.4) is 0 Å². The molecule has 0 unspecified atom stereocenters. The average molecular weight is 350 g/mol. The molecular formula is C11H10Br2OS. The summed E-state index contributed by atoms with van der Waals surface area (Å²) in [5.74, 6) is 0.717. The van der Waals surface area contributed by atoms with E-state index in [9.17, 15) is 4.79 Å². The Hall–Kier alpha value is -0.0600. The molecule has 0 amide bonds. The van der Waals surface area contributed by atoms with Crippen LogP contribution in [0, 0.1) is 0 Å². The molecule has 0 aromatic heterocycles. The first kappa shape index (κ1) is 13.0. The predicted octanol–water partition coefficient (Wildman–Crippen LogP) is 4.50. The van der Waals surface area contributed by atoms with Crippen molar-refractivity contribution < 1.29 is 4.79 Å². The van der Waals surface area contributed by atoms with Crippen molar-refractivity contribution in [2.24, 2.45) is 0 Å². The molecule has 0 aliphatic heterocycles. The van der Waals surface area contributed by atoms with Gasteiger partial charge in [0.1, 0.15) is 0 Å². The lowest BCUT2D eigenvalue weighted by atomic mass is 10.2. The van der Waals surface area contributed by atoms with E-state index in [-0.39, 0.29) is 5.12 Å². The molecule has 1 rings (SSSR count). The topological polar surface area (TPSA) is 17.1 Å². The van der Waals surface area contributed by atoms with Gasteiger partial charge in [0.05, 0.1) is 0 Å². The second kappa shape index (κ2) is 6.51. The van der Waals surface area contributed by atoms with E-state index in [2.05, 4.69) is 31.9 Å². The molecule has 0 spiro atoms. The van der Waals surface area contributed by atoms with Crippen LogP contribution in [-0.4, -0.2) is 10.9 Å². The molecule has 0 saturated heterocycles. The van der Waals surface area contributed by atoms with E-state index >= 15 is 0 Å². The molecule has 0 bridgehead atoms. The lowest BCUT2D eigenvalue weighted by molar-refractivity contribution is -0.109. The first-order valence-corrected chi connectivity index (χ1v) is 6.91. The molecule has 0 aliphatic rings. The summed E-state index contributed by atoms with van der Waals surface area (Å²) in [7, 11) is 0. The minimum Gasteiger partial charge on any atom is -0.288 e. The van der Waals surface area contributed by atoms with Gasteiger partial charge >= 0.3 is 0 Å². The Morgan fingerprint density at radius 3 is 2.87 bits per heavy atom. The highest BCUT2D eigenvalue weighted by Crippen LogP contribution is 2.22. The molecule has 0 N–H and O–H groups in total. The third kappa shape index (κ3) is 5.00. The van der Waals surface area contributed by atoms with Crippen molar-refractivity contribution in [2.45, 2.75) is 6.92 Å². The summed E-state index contributed by atoms with van der Waals surface area (Å²) in [6.45, 7) is 1.58.